The van der Waals surface area contributed by atoms with Gasteiger partial charge in [0.25, 0.3) is 0 Å². The van der Waals surface area contributed by atoms with E-state index in [0.717, 1.165) is 36.4 Å². The molecule has 0 fully saturated rings. The van der Waals surface area contributed by atoms with Crippen LogP contribution < -0.4 is 10.0 Å². The van der Waals surface area contributed by atoms with Crippen LogP contribution in [0.1, 0.15) is 17.7 Å². The third-order valence-electron chi connectivity index (χ3n) is 2.59. The summed E-state index contributed by atoms with van der Waals surface area (Å²) in [5.74, 6) is 1.08. The highest BCUT2D eigenvalue weighted by Gasteiger charge is 2.15. The average Bonchev–Trinajstić information content (AvgIpc) is 2.85. The summed E-state index contributed by atoms with van der Waals surface area (Å²) in [4.78, 5) is 1.09. The van der Waals surface area contributed by atoms with Crippen LogP contribution in [0.2, 0.25) is 0 Å². The molecule has 0 radical (unpaired) electrons. The summed E-state index contributed by atoms with van der Waals surface area (Å²) in [6.45, 7) is 1.38. The minimum atomic E-state index is -3.31. The number of thioether (sulfide) groups is 1. The Kier molecular flexibility index (Phi) is 8.01. The fourth-order valence-corrected chi connectivity index (χ4v) is 4.50. The monoisotopic (exact) mass is 322 g/mol. The zero-order valence-corrected chi connectivity index (χ0v) is 13.9. The Labute approximate surface area is 124 Å². The minimum Gasteiger partial charge on any atom is -0.319 e. The first-order chi connectivity index (χ1) is 9.10. The van der Waals surface area contributed by atoms with E-state index in [2.05, 4.69) is 16.3 Å². The summed E-state index contributed by atoms with van der Waals surface area (Å²) < 4.78 is 27.1. The van der Waals surface area contributed by atoms with E-state index in [4.69, 9.17) is 0 Å². The van der Waals surface area contributed by atoms with Crippen molar-refractivity contribution in [2.75, 3.05) is 32.1 Å². The van der Waals surface area contributed by atoms with Gasteiger partial charge in [0.15, 0.2) is 0 Å². The Balaban J connectivity index is 2.45. The largest absolute Gasteiger partial charge is 0.319 e. The second kappa shape index (κ2) is 8.97. The Hall–Kier alpha value is -0.0800. The van der Waals surface area contributed by atoms with Gasteiger partial charge in [-0.05, 0) is 57.0 Å². The van der Waals surface area contributed by atoms with Crippen molar-refractivity contribution in [3.05, 3.63) is 17.0 Å². The number of sulfonamides is 1. The molecule has 1 rings (SSSR count). The molecule has 1 aromatic heterocycles. The van der Waals surface area contributed by atoms with Crippen molar-refractivity contribution >= 4 is 33.1 Å². The van der Waals surface area contributed by atoms with E-state index < -0.39 is 10.0 Å². The molecule has 0 aliphatic heterocycles. The molecule has 0 aliphatic carbocycles. The zero-order chi connectivity index (χ0) is 14.1. The van der Waals surface area contributed by atoms with E-state index >= 15 is 0 Å². The van der Waals surface area contributed by atoms with Crippen LogP contribution in [0, 0.1) is 0 Å². The number of thiophene rings is 1. The van der Waals surface area contributed by atoms with Crippen LogP contribution >= 0.6 is 23.1 Å². The molecule has 0 amide bonds. The summed E-state index contributed by atoms with van der Waals surface area (Å²) in [6, 6.07) is 3.59. The third-order valence-corrected chi connectivity index (χ3v) is 6.39. The summed E-state index contributed by atoms with van der Waals surface area (Å²) in [5.41, 5.74) is 0. The SMILES string of the molecule is CNCCc1ccc(S(=O)(=O)NCCCCSC)s1. The highest BCUT2D eigenvalue weighted by Crippen LogP contribution is 2.21. The topological polar surface area (TPSA) is 58.2 Å². The molecule has 110 valence electrons. The smallest absolute Gasteiger partial charge is 0.250 e. The number of hydrogen-bond acceptors (Lipinski definition) is 5. The van der Waals surface area contributed by atoms with Gasteiger partial charge in [0, 0.05) is 11.4 Å². The van der Waals surface area contributed by atoms with Gasteiger partial charge in [-0.1, -0.05) is 0 Å². The minimum absolute atomic E-state index is 0.420. The number of likely N-dealkylation sites (N-methyl/N-ethyl adjacent to an activating group) is 1. The standard InChI is InChI=1S/C12H22N2O2S3/c1-13-9-7-11-5-6-12(18-11)19(15,16)14-8-3-4-10-17-2/h5-6,13-14H,3-4,7-10H2,1-2H3. The van der Waals surface area contributed by atoms with Crippen LogP contribution in [-0.4, -0.2) is 40.6 Å². The molecule has 19 heavy (non-hydrogen) atoms. The molecule has 0 saturated heterocycles. The van der Waals surface area contributed by atoms with Gasteiger partial charge in [0.2, 0.25) is 10.0 Å². The summed E-state index contributed by atoms with van der Waals surface area (Å²) in [7, 11) is -1.42. The van der Waals surface area contributed by atoms with Crippen LogP contribution in [0.5, 0.6) is 0 Å². The molecule has 2 N–H and O–H groups in total. The lowest BCUT2D eigenvalue weighted by Crippen LogP contribution is -2.24. The molecule has 1 heterocycles. The third kappa shape index (κ3) is 6.27. The van der Waals surface area contributed by atoms with Gasteiger partial charge in [-0.3, -0.25) is 0 Å². The van der Waals surface area contributed by atoms with Crippen molar-refractivity contribution in [1.82, 2.24) is 10.0 Å². The predicted octanol–water partition coefficient (Wildman–Crippen LogP) is 1.93. The van der Waals surface area contributed by atoms with Crippen molar-refractivity contribution in [1.29, 1.82) is 0 Å². The highest BCUT2D eigenvalue weighted by molar-refractivity contribution is 7.98. The van der Waals surface area contributed by atoms with E-state index in [1.165, 1.54) is 11.3 Å². The van der Waals surface area contributed by atoms with Crippen molar-refractivity contribution in [3.8, 4) is 0 Å². The molecular formula is C12H22N2O2S3. The van der Waals surface area contributed by atoms with Crippen molar-refractivity contribution in [2.45, 2.75) is 23.5 Å². The summed E-state index contributed by atoms with van der Waals surface area (Å²) in [6.07, 6.45) is 4.85. The van der Waals surface area contributed by atoms with Crippen molar-refractivity contribution in [2.24, 2.45) is 0 Å². The predicted molar refractivity (Wildman–Crippen MR) is 84.8 cm³/mol. The molecule has 0 atom stereocenters. The Morgan fingerprint density at radius 3 is 2.74 bits per heavy atom. The van der Waals surface area contributed by atoms with Crippen LogP contribution in [0.25, 0.3) is 0 Å². The van der Waals surface area contributed by atoms with Gasteiger partial charge in [-0.25, -0.2) is 13.1 Å². The van der Waals surface area contributed by atoms with Gasteiger partial charge >= 0.3 is 0 Å². The van der Waals surface area contributed by atoms with Gasteiger partial charge in [0.1, 0.15) is 4.21 Å². The molecule has 7 heteroatoms. The normalized spacial score (nSPS) is 11.9. The quantitative estimate of drug-likeness (QED) is 0.646. The fraction of sp³-hybridized carbons (Fsp3) is 0.667. The lowest BCUT2D eigenvalue weighted by atomic mass is 10.3. The van der Waals surface area contributed by atoms with Gasteiger partial charge in [-0.2, -0.15) is 11.8 Å². The summed E-state index contributed by atoms with van der Waals surface area (Å²) in [5, 5.41) is 3.06. The van der Waals surface area contributed by atoms with E-state index in [1.54, 1.807) is 17.8 Å². The molecule has 0 aliphatic rings. The van der Waals surface area contributed by atoms with E-state index in [-0.39, 0.29) is 0 Å². The molecule has 0 aromatic carbocycles. The molecule has 0 bridgehead atoms. The van der Waals surface area contributed by atoms with Gasteiger partial charge < -0.3 is 5.32 Å². The van der Waals surface area contributed by atoms with Crippen molar-refractivity contribution < 1.29 is 8.42 Å². The first-order valence-corrected chi connectivity index (χ1v) is 10.0. The molecule has 4 nitrogen and oxygen atoms in total. The molecule has 0 saturated carbocycles. The van der Waals surface area contributed by atoms with Crippen molar-refractivity contribution in [3.63, 3.8) is 0 Å². The highest BCUT2D eigenvalue weighted by atomic mass is 32.2. The maximum absolute atomic E-state index is 12.0. The second-order valence-corrected chi connectivity index (χ2v) is 8.32. The summed E-state index contributed by atoms with van der Waals surface area (Å²) >= 11 is 3.14. The Morgan fingerprint density at radius 1 is 1.26 bits per heavy atom. The first-order valence-electron chi connectivity index (χ1n) is 6.32. The van der Waals surface area contributed by atoms with E-state index in [0.29, 0.717) is 10.8 Å². The number of unbranched alkanes of at least 4 members (excludes halogenated alkanes) is 1. The van der Waals surface area contributed by atoms with Crippen LogP contribution in [0.15, 0.2) is 16.3 Å². The second-order valence-electron chi connectivity index (χ2n) is 4.17. The number of rotatable bonds is 10. The Bertz CT molecular complexity index is 457. The zero-order valence-electron chi connectivity index (χ0n) is 11.4. The van der Waals surface area contributed by atoms with Gasteiger partial charge in [-0.15, -0.1) is 11.3 Å². The molecular weight excluding hydrogens is 300 g/mol. The maximum atomic E-state index is 12.0. The first kappa shape index (κ1) is 17.0. The lowest BCUT2D eigenvalue weighted by molar-refractivity contribution is 0.580. The lowest BCUT2D eigenvalue weighted by Gasteiger charge is -2.04. The molecule has 0 spiro atoms. The van der Waals surface area contributed by atoms with Crippen LogP contribution in [-0.2, 0) is 16.4 Å². The molecule has 0 unspecified atom stereocenters. The molecule has 1 aromatic rings. The number of nitrogens with one attached hydrogen (secondary N) is 2. The van der Waals surface area contributed by atoms with E-state index in [9.17, 15) is 8.42 Å². The Morgan fingerprint density at radius 2 is 2.05 bits per heavy atom. The van der Waals surface area contributed by atoms with E-state index in [1.807, 2.05) is 13.1 Å². The fourth-order valence-electron chi connectivity index (χ4n) is 1.53. The maximum Gasteiger partial charge on any atom is 0.250 e. The van der Waals surface area contributed by atoms with Gasteiger partial charge in [0.05, 0.1) is 0 Å². The van der Waals surface area contributed by atoms with Crippen LogP contribution in [0.3, 0.4) is 0 Å². The number of hydrogen-bond donors (Lipinski definition) is 2. The van der Waals surface area contributed by atoms with Crippen LogP contribution in [0.4, 0.5) is 0 Å². The average molecular weight is 323 g/mol.